The summed E-state index contributed by atoms with van der Waals surface area (Å²) in [6.45, 7) is 1.34. The van der Waals surface area contributed by atoms with Gasteiger partial charge in [0.25, 0.3) is 0 Å². The lowest BCUT2D eigenvalue weighted by Gasteiger charge is -2.31. The number of fused-ring (bicyclic) bond motifs is 1. The van der Waals surface area contributed by atoms with E-state index in [4.69, 9.17) is 14.9 Å². The smallest absolute Gasteiger partial charge is 0.184 e. The molecule has 0 radical (unpaired) electrons. The van der Waals surface area contributed by atoms with Crippen molar-refractivity contribution in [2.45, 2.75) is 37.9 Å². The highest BCUT2D eigenvalue weighted by Gasteiger charge is 2.41. The van der Waals surface area contributed by atoms with Gasteiger partial charge < -0.3 is 9.47 Å². The van der Waals surface area contributed by atoms with E-state index in [1.807, 2.05) is 6.07 Å². The van der Waals surface area contributed by atoms with Gasteiger partial charge in [-0.25, -0.2) is 0 Å². The molecule has 1 aliphatic heterocycles. The molecule has 20 heavy (non-hydrogen) atoms. The van der Waals surface area contributed by atoms with Gasteiger partial charge in [-0.1, -0.05) is 0 Å². The van der Waals surface area contributed by atoms with Gasteiger partial charge in [0, 0.05) is 23.6 Å². The first-order valence-corrected chi connectivity index (χ1v) is 8.01. The fraction of sp³-hybridized carbons (Fsp3) is 0.600. The number of rotatable bonds is 3. The molecule has 0 bridgehead atoms. The third-order valence-electron chi connectivity index (χ3n) is 4.34. The number of ketones is 1. The molecule has 5 heteroatoms. The molecule has 0 atom stereocenters. The van der Waals surface area contributed by atoms with Crippen molar-refractivity contribution in [3.05, 3.63) is 21.4 Å². The zero-order chi connectivity index (χ0) is 13.7. The minimum atomic E-state index is -0.436. The van der Waals surface area contributed by atoms with Crippen molar-refractivity contribution in [2.24, 2.45) is 5.92 Å². The quantitative estimate of drug-likeness (QED) is 0.870. The maximum atomic E-state index is 12.0. The van der Waals surface area contributed by atoms with E-state index in [2.05, 4.69) is 0 Å². The van der Waals surface area contributed by atoms with Crippen LogP contribution in [-0.4, -0.2) is 30.5 Å². The average molecular weight is 291 g/mol. The Labute approximate surface area is 121 Å². The van der Waals surface area contributed by atoms with E-state index < -0.39 is 5.79 Å². The first-order valence-electron chi connectivity index (χ1n) is 7.19. The summed E-state index contributed by atoms with van der Waals surface area (Å²) in [5.41, 5.74) is 1.40. The van der Waals surface area contributed by atoms with Crippen molar-refractivity contribution < 1.29 is 14.3 Å². The molecule has 0 aromatic carbocycles. The Balaban J connectivity index is 1.58. The van der Waals surface area contributed by atoms with Gasteiger partial charge >= 0.3 is 0 Å². The molecule has 4 nitrogen and oxygen atoms in total. The molecule has 2 fully saturated rings. The Bertz CT molecular complexity index is 582. The molecule has 0 unspecified atom stereocenters. The van der Waals surface area contributed by atoms with Gasteiger partial charge in [0.05, 0.1) is 18.1 Å². The Morgan fingerprint density at radius 1 is 1.35 bits per heavy atom. The zero-order valence-corrected chi connectivity index (χ0v) is 12.1. The van der Waals surface area contributed by atoms with Gasteiger partial charge in [-0.15, -0.1) is 11.3 Å². The number of ether oxygens (including phenoxy) is 2. The molecule has 1 spiro atoms. The fourth-order valence-electron chi connectivity index (χ4n) is 3.05. The molecule has 1 saturated carbocycles. The normalized spacial score (nSPS) is 23.8. The second-order valence-electron chi connectivity index (χ2n) is 5.86. The molecule has 3 aliphatic rings. The summed E-state index contributed by atoms with van der Waals surface area (Å²) in [7, 11) is 0. The highest BCUT2D eigenvalue weighted by Crippen LogP contribution is 2.39. The minimum absolute atomic E-state index is 0.0201. The molecule has 2 heterocycles. The number of aryl methyl sites for hydroxylation is 1. The lowest BCUT2D eigenvalue weighted by Crippen LogP contribution is -2.36. The van der Waals surface area contributed by atoms with Crippen LogP contribution in [0.3, 0.4) is 0 Å². The van der Waals surface area contributed by atoms with Gasteiger partial charge in [0.2, 0.25) is 0 Å². The third-order valence-corrected chi connectivity index (χ3v) is 5.60. The second-order valence-corrected chi connectivity index (χ2v) is 6.99. The van der Waals surface area contributed by atoms with E-state index in [-0.39, 0.29) is 17.4 Å². The van der Waals surface area contributed by atoms with E-state index in [0.717, 1.165) is 37.0 Å². The fourth-order valence-corrected chi connectivity index (χ4v) is 4.18. The van der Waals surface area contributed by atoms with Crippen molar-refractivity contribution in [3.63, 3.8) is 0 Å². The summed E-state index contributed by atoms with van der Waals surface area (Å²) in [6, 6.07) is 2.01. The van der Waals surface area contributed by atoms with Gasteiger partial charge in [-0.2, -0.15) is 0 Å². The molecule has 4 rings (SSSR count). The predicted octanol–water partition coefficient (Wildman–Crippen LogP) is 2.33. The van der Waals surface area contributed by atoms with Gasteiger partial charge in [0.15, 0.2) is 11.6 Å². The average Bonchev–Trinajstić information content (AvgIpc) is 3.08. The summed E-state index contributed by atoms with van der Waals surface area (Å²) in [6.07, 6.45) is 4.46. The number of nitrogens with one attached hydrogen (secondary N) is 1. The largest absolute Gasteiger partial charge is 0.347 e. The van der Waals surface area contributed by atoms with Crippen LogP contribution >= 0.6 is 11.3 Å². The van der Waals surface area contributed by atoms with E-state index >= 15 is 0 Å². The van der Waals surface area contributed by atoms with Crippen LogP contribution in [-0.2, 0) is 27.1 Å². The van der Waals surface area contributed by atoms with Crippen LogP contribution in [0.2, 0.25) is 0 Å². The summed E-state index contributed by atoms with van der Waals surface area (Å²) in [5.74, 6) is -0.297. The zero-order valence-electron chi connectivity index (χ0n) is 11.2. The standard InChI is InChI=1S/C15H17NO3S/c16-13(14(17)9-1-2-9)12-7-10-8-15(18-5-6-19-15)4-3-11(10)20-12/h7,9,16H,1-6,8H2. The molecule has 106 valence electrons. The van der Waals surface area contributed by atoms with E-state index in [1.54, 1.807) is 11.3 Å². The van der Waals surface area contributed by atoms with Crippen LogP contribution in [0, 0.1) is 11.3 Å². The topological polar surface area (TPSA) is 59.4 Å². The van der Waals surface area contributed by atoms with Gasteiger partial charge in [-0.3, -0.25) is 10.2 Å². The van der Waals surface area contributed by atoms with Crippen molar-refractivity contribution in [2.75, 3.05) is 13.2 Å². The molecule has 0 amide bonds. The van der Waals surface area contributed by atoms with Crippen LogP contribution in [0.4, 0.5) is 0 Å². The number of Topliss-reactive ketones (excluding diaryl/α,β-unsaturated/α-hetero) is 1. The summed E-state index contributed by atoms with van der Waals surface area (Å²) < 4.78 is 11.5. The number of hydrogen-bond donors (Lipinski definition) is 1. The summed E-state index contributed by atoms with van der Waals surface area (Å²) in [4.78, 5) is 14.1. The maximum Gasteiger partial charge on any atom is 0.184 e. The summed E-state index contributed by atoms with van der Waals surface area (Å²) >= 11 is 1.60. The Kier molecular flexibility index (Phi) is 2.84. The molecule has 1 N–H and O–H groups in total. The van der Waals surface area contributed by atoms with Crippen molar-refractivity contribution in [1.29, 1.82) is 5.41 Å². The Hall–Kier alpha value is -1.04. The van der Waals surface area contributed by atoms with Crippen LogP contribution in [0.15, 0.2) is 6.07 Å². The highest BCUT2D eigenvalue weighted by molar-refractivity contribution is 7.15. The third kappa shape index (κ3) is 2.05. The second kappa shape index (κ2) is 4.48. The van der Waals surface area contributed by atoms with Crippen LogP contribution in [0.5, 0.6) is 0 Å². The van der Waals surface area contributed by atoms with Gasteiger partial charge in [0.1, 0.15) is 5.71 Å². The van der Waals surface area contributed by atoms with E-state index in [9.17, 15) is 4.79 Å². The number of carbonyl (C=O) groups excluding carboxylic acids is 1. The van der Waals surface area contributed by atoms with E-state index in [1.165, 1.54) is 10.4 Å². The van der Waals surface area contributed by atoms with Crippen LogP contribution < -0.4 is 0 Å². The number of thiophene rings is 1. The van der Waals surface area contributed by atoms with Crippen LogP contribution in [0.25, 0.3) is 0 Å². The van der Waals surface area contributed by atoms with Crippen molar-refractivity contribution >= 4 is 22.8 Å². The first kappa shape index (κ1) is 12.7. The molecule has 2 aliphatic carbocycles. The monoisotopic (exact) mass is 291 g/mol. The first-order chi connectivity index (χ1) is 9.67. The number of carbonyl (C=O) groups is 1. The maximum absolute atomic E-state index is 12.0. The minimum Gasteiger partial charge on any atom is -0.347 e. The Morgan fingerprint density at radius 2 is 2.10 bits per heavy atom. The SMILES string of the molecule is N=C(C(=O)C1CC1)c1cc2c(s1)CCC1(C2)OCCO1. The predicted molar refractivity (Wildman–Crippen MR) is 75.5 cm³/mol. The molecule has 1 aromatic heterocycles. The lowest BCUT2D eigenvalue weighted by atomic mass is 9.92. The van der Waals surface area contributed by atoms with E-state index in [0.29, 0.717) is 13.2 Å². The lowest BCUT2D eigenvalue weighted by molar-refractivity contribution is -0.163. The van der Waals surface area contributed by atoms with Crippen molar-refractivity contribution in [1.82, 2.24) is 0 Å². The molecule has 1 saturated heterocycles. The van der Waals surface area contributed by atoms with Crippen molar-refractivity contribution in [3.8, 4) is 0 Å². The summed E-state index contributed by atoms with van der Waals surface area (Å²) in [5, 5.41) is 8.09. The van der Waals surface area contributed by atoms with Gasteiger partial charge in [-0.05, 0) is 30.9 Å². The van der Waals surface area contributed by atoms with Crippen LogP contribution in [0.1, 0.15) is 34.6 Å². The Morgan fingerprint density at radius 3 is 2.80 bits per heavy atom. The molecular weight excluding hydrogens is 274 g/mol. The molecule has 1 aromatic rings. The number of hydrogen-bond acceptors (Lipinski definition) is 5. The molecular formula is C15H17NO3S. The highest BCUT2D eigenvalue weighted by atomic mass is 32.1.